The van der Waals surface area contributed by atoms with Crippen LogP contribution in [0.2, 0.25) is 0 Å². The zero-order valence-corrected chi connectivity index (χ0v) is 7.96. The fraction of sp³-hybridized carbons (Fsp3) is 0.333. The summed E-state index contributed by atoms with van der Waals surface area (Å²) in [6, 6.07) is 4.17. The van der Waals surface area contributed by atoms with Gasteiger partial charge >= 0.3 is 0 Å². The fourth-order valence-electron chi connectivity index (χ4n) is 1.08. The van der Waals surface area contributed by atoms with Gasteiger partial charge < -0.3 is 5.73 Å². The summed E-state index contributed by atoms with van der Waals surface area (Å²) in [4.78, 5) is 1.21. The van der Waals surface area contributed by atoms with E-state index in [-0.39, 0.29) is 0 Å². The number of hydrogen-bond donors (Lipinski definition) is 1. The molecule has 2 heteroatoms. The Morgan fingerprint density at radius 1 is 1.18 bits per heavy atom. The summed E-state index contributed by atoms with van der Waals surface area (Å²) in [6.45, 7) is 4.12. The SMILES string of the molecule is CSc1c(C)ccc(C)c1N. The molecule has 0 radical (unpaired) electrons. The maximum absolute atomic E-state index is 5.87. The highest BCUT2D eigenvalue weighted by Crippen LogP contribution is 2.28. The molecule has 1 rings (SSSR count). The second-order valence-electron chi connectivity index (χ2n) is 2.65. The van der Waals surface area contributed by atoms with E-state index in [9.17, 15) is 0 Å². The zero-order valence-electron chi connectivity index (χ0n) is 7.14. The molecule has 0 aliphatic rings. The lowest BCUT2D eigenvalue weighted by Gasteiger charge is -2.08. The highest BCUT2D eigenvalue weighted by atomic mass is 32.2. The van der Waals surface area contributed by atoms with Crippen LogP contribution in [-0.4, -0.2) is 6.26 Å². The summed E-state index contributed by atoms with van der Waals surface area (Å²) in [7, 11) is 0. The number of anilines is 1. The number of thioether (sulfide) groups is 1. The van der Waals surface area contributed by atoms with Crippen molar-refractivity contribution >= 4 is 17.4 Å². The van der Waals surface area contributed by atoms with Gasteiger partial charge in [-0.25, -0.2) is 0 Å². The van der Waals surface area contributed by atoms with E-state index in [2.05, 4.69) is 25.3 Å². The molecule has 0 unspecified atom stereocenters. The Labute approximate surface area is 72.0 Å². The molecule has 60 valence electrons. The molecule has 0 fully saturated rings. The molecular formula is C9H13NS. The molecule has 2 N–H and O–H groups in total. The van der Waals surface area contributed by atoms with Crippen LogP contribution in [0.15, 0.2) is 17.0 Å². The molecule has 0 saturated carbocycles. The molecule has 11 heavy (non-hydrogen) atoms. The van der Waals surface area contributed by atoms with Gasteiger partial charge in [0.1, 0.15) is 0 Å². The minimum absolute atomic E-state index is 0.928. The highest BCUT2D eigenvalue weighted by molar-refractivity contribution is 7.98. The molecule has 1 aromatic rings. The number of rotatable bonds is 1. The van der Waals surface area contributed by atoms with E-state index in [1.807, 2.05) is 6.92 Å². The van der Waals surface area contributed by atoms with Gasteiger partial charge in [-0.3, -0.25) is 0 Å². The second-order valence-corrected chi connectivity index (χ2v) is 3.46. The molecule has 0 bridgehead atoms. The first-order valence-electron chi connectivity index (χ1n) is 3.56. The highest BCUT2D eigenvalue weighted by Gasteiger charge is 2.02. The van der Waals surface area contributed by atoms with Gasteiger partial charge in [0, 0.05) is 10.6 Å². The van der Waals surface area contributed by atoms with Crippen molar-refractivity contribution in [2.24, 2.45) is 0 Å². The lowest BCUT2D eigenvalue weighted by molar-refractivity contribution is 1.27. The number of nitrogen functional groups attached to an aromatic ring is 1. The second kappa shape index (κ2) is 3.18. The topological polar surface area (TPSA) is 26.0 Å². The van der Waals surface area contributed by atoms with E-state index in [1.54, 1.807) is 11.8 Å². The summed E-state index contributed by atoms with van der Waals surface area (Å²) in [5.74, 6) is 0. The van der Waals surface area contributed by atoms with Crippen molar-refractivity contribution in [3.63, 3.8) is 0 Å². The molecule has 0 aliphatic heterocycles. The predicted octanol–water partition coefficient (Wildman–Crippen LogP) is 2.61. The lowest BCUT2D eigenvalue weighted by atomic mass is 10.1. The van der Waals surface area contributed by atoms with E-state index in [0.717, 1.165) is 5.69 Å². The molecule has 0 aromatic heterocycles. The number of benzene rings is 1. The molecule has 1 nitrogen and oxygen atoms in total. The first-order chi connectivity index (χ1) is 5.16. The maximum Gasteiger partial charge on any atom is 0.0484 e. The number of aryl methyl sites for hydroxylation is 2. The van der Waals surface area contributed by atoms with Crippen molar-refractivity contribution in [1.29, 1.82) is 0 Å². The summed E-state index contributed by atoms with van der Waals surface area (Å²) >= 11 is 1.71. The number of hydrogen-bond acceptors (Lipinski definition) is 2. The molecule has 1 aromatic carbocycles. The molecule has 0 amide bonds. The fourth-order valence-corrected chi connectivity index (χ4v) is 1.85. The molecule has 0 atom stereocenters. The summed E-state index contributed by atoms with van der Waals surface area (Å²) in [6.07, 6.45) is 2.05. The largest absolute Gasteiger partial charge is 0.398 e. The van der Waals surface area contributed by atoms with Crippen LogP contribution in [-0.2, 0) is 0 Å². The van der Waals surface area contributed by atoms with Crippen LogP contribution in [0.3, 0.4) is 0 Å². The quantitative estimate of drug-likeness (QED) is 0.514. The van der Waals surface area contributed by atoms with Gasteiger partial charge in [0.05, 0.1) is 0 Å². The zero-order chi connectivity index (χ0) is 8.43. The standard InChI is InChI=1S/C9H13NS/c1-6-4-5-7(2)9(11-3)8(6)10/h4-5H,10H2,1-3H3. The Balaban J connectivity index is 3.29. The van der Waals surface area contributed by atoms with Crippen molar-refractivity contribution in [2.45, 2.75) is 18.7 Å². The van der Waals surface area contributed by atoms with Crippen LogP contribution in [0.1, 0.15) is 11.1 Å². The smallest absolute Gasteiger partial charge is 0.0484 e. The van der Waals surface area contributed by atoms with Crippen LogP contribution < -0.4 is 5.73 Å². The first kappa shape index (κ1) is 8.47. The summed E-state index contributed by atoms with van der Waals surface area (Å²) in [5.41, 5.74) is 9.23. The third kappa shape index (κ3) is 1.51. The maximum atomic E-state index is 5.87. The van der Waals surface area contributed by atoms with Crippen LogP contribution in [0.4, 0.5) is 5.69 Å². The van der Waals surface area contributed by atoms with E-state index >= 15 is 0 Å². The predicted molar refractivity (Wildman–Crippen MR) is 52.1 cm³/mol. The van der Waals surface area contributed by atoms with E-state index in [4.69, 9.17) is 5.73 Å². The third-order valence-corrected chi connectivity index (χ3v) is 2.77. The van der Waals surface area contributed by atoms with Crippen molar-refractivity contribution in [3.8, 4) is 0 Å². The average Bonchev–Trinajstić information content (AvgIpc) is 1.99. The minimum atomic E-state index is 0.928. The number of nitrogens with two attached hydrogens (primary N) is 1. The monoisotopic (exact) mass is 167 g/mol. The normalized spacial score (nSPS) is 10.1. The molecule has 0 saturated heterocycles. The van der Waals surface area contributed by atoms with E-state index in [1.165, 1.54) is 16.0 Å². The Morgan fingerprint density at radius 3 is 2.18 bits per heavy atom. The molecule has 0 spiro atoms. The third-order valence-electron chi connectivity index (χ3n) is 1.82. The lowest BCUT2D eigenvalue weighted by Crippen LogP contribution is -1.94. The molecular weight excluding hydrogens is 154 g/mol. The van der Waals surface area contributed by atoms with Crippen molar-refractivity contribution < 1.29 is 0 Å². The van der Waals surface area contributed by atoms with Crippen LogP contribution in [0, 0.1) is 13.8 Å². The minimum Gasteiger partial charge on any atom is -0.398 e. The van der Waals surface area contributed by atoms with Gasteiger partial charge in [0.15, 0.2) is 0 Å². The van der Waals surface area contributed by atoms with Crippen LogP contribution >= 0.6 is 11.8 Å². The Morgan fingerprint density at radius 2 is 1.73 bits per heavy atom. The Hall–Kier alpha value is -0.630. The molecule has 0 aliphatic carbocycles. The molecule has 0 heterocycles. The van der Waals surface area contributed by atoms with Gasteiger partial charge in [0.2, 0.25) is 0 Å². The van der Waals surface area contributed by atoms with Gasteiger partial charge in [0.25, 0.3) is 0 Å². The van der Waals surface area contributed by atoms with E-state index < -0.39 is 0 Å². The van der Waals surface area contributed by atoms with Crippen molar-refractivity contribution in [1.82, 2.24) is 0 Å². The van der Waals surface area contributed by atoms with Crippen LogP contribution in [0.25, 0.3) is 0 Å². The van der Waals surface area contributed by atoms with Crippen molar-refractivity contribution in [2.75, 3.05) is 12.0 Å². The Kier molecular flexibility index (Phi) is 2.45. The van der Waals surface area contributed by atoms with Gasteiger partial charge in [-0.05, 0) is 31.2 Å². The van der Waals surface area contributed by atoms with Gasteiger partial charge in [-0.1, -0.05) is 12.1 Å². The van der Waals surface area contributed by atoms with E-state index in [0.29, 0.717) is 0 Å². The summed E-state index contributed by atoms with van der Waals surface area (Å²) < 4.78 is 0. The Bertz CT molecular complexity index is 269. The summed E-state index contributed by atoms with van der Waals surface area (Å²) in [5, 5.41) is 0. The average molecular weight is 167 g/mol. The van der Waals surface area contributed by atoms with Crippen molar-refractivity contribution in [3.05, 3.63) is 23.3 Å². The van der Waals surface area contributed by atoms with Crippen LogP contribution in [0.5, 0.6) is 0 Å². The first-order valence-corrected chi connectivity index (χ1v) is 4.79. The van der Waals surface area contributed by atoms with Gasteiger partial charge in [-0.2, -0.15) is 0 Å². The van der Waals surface area contributed by atoms with Gasteiger partial charge in [-0.15, -0.1) is 11.8 Å².